The van der Waals surface area contributed by atoms with Gasteiger partial charge in [-0.15, -0.1) is 0 Å². The molecule has 0 aliphatic carbocycles. The van der Waals surface area contributed by atoms with E-state index in [1.54, 1.807) is 0 Å². The Hall–Kier alpha value is -4.11. The average molecular weight is 400 g/mol. The highest BCUT2D eigenvalue weighted by Crippen LogP contribution is 2.23. The second-order valence-corrected chi connectivity index (χ2v) is 5.57. The van der Waals surface area contributed by atoms with E-state index in [1.165, 1.54) is 12.1 Å². The van der Waals surface area contributed by atoms with Gasteiger partial charge in [-0.05, 0) is 6.08 Å². The van der Waals surface area contributed by atoms with Gasteiger partial charge in [0.05, 0.1) is 6.57 Å². The van der Waals surface area contributed by atoms with Gasteiger partial charge < -0.3 is 18.9 Å². The predicted octanol–water partition coefficient (Wildman–Crippen LogP) is 2.02. The van der Waals surface area contributed by atoms with Crippen LogP contribution in [0.4, 0.5) is 0 Å². The second kappa shape index (κ2) is 12.3. The zero-order chi connectivity index (χ0) is 22.4. The summed E-state index contributed by atoms with van der Waals surface area (Å²) in [5.41, 5.74) is -2.35. The maximum absolute atomic E-state index is 11.8. The lowest BCUT2D eigenvalue weighted by Crippen LogP contribution is -2.43. The van der Waals surface area contributed by atoms with Crippen LogP contribution in [0.3, 0.4) is 0 Å². The summed E-state index contributed by atoms with van der Waals surface area (Å²) < 4.78 is 20.4. The fraction of sp³-hybridized carbons (Fsp3) is 0.250. The molecule has 0 aromatic carbocycles. The van der Waals surface area contributed by atoms with Crippen molar-refractivity contribution in [1.82, 2.24) is 0 Å². The van der Waals surface area contributed by atoms with Crippen molar-refractivity contribution in [3.8, 4) is 6.07 Å². The lowest BCUT2D eigenvalue weighted by molar-refractivity contribution is -0.160. The van der Waals surface area contributed by atoms with Gasteiger partial charge in [0.2, 0.25) is 0 Å². The Morgan fingerprint density at radius 2 is 1.45 bits per heavy atom. The normalized spacial score (nSPS) is 11.2. The van der Waals surface area contributed by atoms with E-state index in [9.17, 15) is 14.4 Å². The SMILES string of the molecule is [C-]#[N+]C(=C)C(=O)OCC(COC(=C)C=C)(COC(=O)C=C)COC(=O)C(=C)C#N. The highest BCUT2D eigenvalue weighted by atomic mass is 16.6. The van der Waals surface area contributed by atoms with Crippen molar-refractivity contribution in [2.24, 2.45) is 5.41 Å². The van der Waals surface area contributed by atoms with Gasteiger partial charge in [-0.3, -0.25) is 4.79 Å². The molecule has 0 aliphatic rings. The molecule has 0 radical (unpaired) electrons. The molecule has 0 aromatic heterocycles. The van der Waals surface area contributed by atoms with Crippen LogP contribution in [0.25, 0.3) is 4.85 Å². The molecular formula is C20H20N2O7. The minimum absolute atomic E-state index is 0.147. The number of carbonyl (C=O) groups is 3. The Labute approximate surface area is 168 Å². The van der Waals surface area contributed by atoms with E-state index in [2.05, 4.69) is 37.7 Å². The van der Waals surface area contributed by atoms with E-state index >= 15 is 0 Å². The van der Waals surface area contributed by atoms with Crippen molar-refractivity contribution in [1.29, 1.82) is 5.26 Å². The molecule has 0 heterocycles. The molecule has 0 N–H and O–H groups in total. The Bertz CT molecular complexity index is 744. The van der Waals surface area contributed by atoms with Crippen LogP contribution in [0.2, 0.25) is 0 Å². The smallest absolute Gasteiger partial charge is 0.348 e. The number of hydrogen-bond donors (Lipinski definition) is 0. The standard InChI is InChI=1S/C20H20N2O7/c1-7-15(4)26-10-20(11-27-17(23)8-2,12-28-18(24)14(3)9-21)13-29-19(25)16(5)22-6/h7-8H,1-5,10-13H2. The minimum Gasteiger partial charge on any atom is -0.493 e. The highest BCUT2D eigenvalue weighted by Gasteiger charge is 2.37. The van der Waals surface area contributed by atoms with Crippen molar-refractivity contribution < 1.29 is 33.3 Å². The number of ether oxygens (including phenoxy) is 4. The van der Waals surface area contributed by atoms with E-state index in [0.29, 0.717) is 0 Å². The van der Waals surface area contributed by atoms with Crippen LogP contribution in [0.1, 0.15) is 0 Å². The highest BCUT2D eigenvalue weighted by molar-refractivity contribution is 5.92. The maximum atomic E-state index is 11.8. The lowest BCUT2D eigenvalue weighted by Gasteiger charge is -2.31. The third-order valence-electron chi connectivity index (χ3n) is 3.25. The summed E-state index contributed by atoms with van der Waals surface area (Å²) in [6, 6.07) is 1.54. The topological polar surface area (TPSA) is 116 Å². The number of allylic oxidation sites excluding steroid dienone is 1. The molecule has 0 saturated heterocycles. The van der Waals surface area contributed by atoms with Gasteiger partial charge in [-0.1, -0.05) is 32.9 Å². The number of nitriles is 1. The number of nitrogens with zero attached hydrogens (tertiary/aromatic N) is 2. The molecule has 0 aliphatic heterocycles. The fourth-order valence-corrected chi connectivity index (χ4v) is 1.54. The average Bonchev–Trinajstić information content (AvgIpc) is 2.75. The summed E-state index contributed by atoms with van der Waals surface area (Å²) in [6.07, 6.45) is 2.21. The molecule has 29 heavy (non-hydrogen) atoms. The minimum atomic E-state index is -1.41. The molecule has 0 rings (SSSR count). The Balaban J connectivity index is 5.67. The quantitative estimate of drug-likeness (QED) is 0.0877. The molecule has 9 nitrogen and oxygen atoms in total. The van der Waals surface area contributed by atoms with E-state index in [4.69, 9.17) is 30.8 Å². The van der Waals surface area contributed by atoms with Crippen molar-refractivity contribution in [2.75, 3.05) is 26.4 Å². The van der Waals surface area contributed by atoms with E-state index in [0.717, 1.165) is 6.08 Å². The van der Waals surface area contributed by atoms with Gasteiger partial charge in [0.15, 0.2) is 0 Å². The second-order valence-electron chi connectivity index (χ2n) is 5.57. The molecule has 152 valence electrons. The van der Waals surface area contributed by atoms with Gasteiger partial charge in [-0.25, -0.2) is 14.4 Å². The van der Waals surface area contributed by atoms with Crippen LogP contribution in [0, 0.1) is 23.3 Å². The van der Waals surface area contributed by atoms with Gasteiger partial charge in [-0.2, -0.15) is 5.26 Å². The Kier molecular flexibility index (Phi) is 10.6. The first-order valence-corrected chi connectivity index (χ1v) is 7.87. The first-order chi connectivity index (χ1) is 13.6. The maximum Gasteiger partial charge on any atom is 0.348 e. The molecule has 1 atom stereocenters. The van der Waals surface area contributed by atoms with Crippen LogP contribution in [-0.2, 0) is 33.3 Å². The van der Waals surface area contributed by atoms with Gasteiger partial charge >= 0.3 is 17.9 Å². The summed E-state index contributed by atoms with van der Waals surface area (Å²) in [4.78, 5) is 38.0. The van der Waals surface area contributed by atoms with Crippen LogP contribution in [-0.4, -0.2) is 44.3 Å². The van der Waals surface area contributed by atoms with Gasteiger partial charge in [0, 0.05) is 6.08 Å². The molecule has 0 amide bonds. The molecular weight excluding hydrogens is 380 g/mol. The first kappa shape index (κ1) is 24.9. The zero-order valence-electron chi connectivity index (χ0n) is 15.8. The van der Waals surface area contributed by atoms with Crippen LogP contribution in [0.5, 0.6) is 0 Å². The monoisotopic (exact) mass is 400 g/mol. The number of hydrogen-bond acceptors (Lipinski definition) is 8. The molecule has 0 spiro atoms. The Morgan fingerprint density at radius 1 is 0.931 bits per heavy atom. The van der Waals surface area contributed by atoms with E-state index in [1.807, 2.05) is 0 Å². The van der Waals surface area contributed by atoms with Crippen molar-refractivity contribution in [3.63, 3.8) is 0 Å². The number of carbonyl (C=O) groups excluding carboxylic acids is 3. The lowest BCUT2D eigenvalue weighted by atomic mass is 9.92. The molecule has 0 aromatic rings. The molecule has 0 bridgehead atoms. The Morgan fingerprint density at radius 3 is 1.93 bits per heavy atom. The van der Waals surface area contributed by atoms with Crippen molar-refractivity contribution >= 4 is 17.9 Å². The molecule has 0 saturated carbocycles. The summed E-state index contributed by atoms with van der Waals surface area (Å²) in [7, 11) is 0. The largest absolute Gasteiger partial charge is 0.493 e. The molecule has 1 unspecified atom stereocenters. The zero-order valence-corrected chi connectivity index (χ0v) is 15.8. The summed E-state index contributed by atoms with van der Waals surface area (Å²) in [5.74, 6) is -2.68. The molecule has 0 fully saturated rings. The van der Waals surface area contributed by atoms with Gasteiger partial charge in [0.25, 0.3) is 5.70 Å². The first-order valence-electron chi connectivity index (χ1n) is 7.87. The molecule has 9 heteroatoms. The van der Waals surface area contributed by atoms with E-state index < -0.39 is 54.4 Å². The number of rotatable bonds is 13. The van der Waals surface area contributed by atoms with E-state index in [-0.39, 0.29) is 12.4 Å². The summed E-state index contributed by atoms with van der Waals surface area (Å²) >= 11 is 0. The predicted molar refractivity (Wildman–Crippen MR) is 101 cm³/mol. The fourth-order valence-electron chi connectivity index (χ4n) is 1.54. The van der Waals surface area contributed by atoms with Crippen LogP contribution >= 0.6 is 0 Å². The van der Waals surface area contributed by atoms with Crippen LogP contribution in [0.15, 0.2) is 62.1 Å². The van der Waals surface area contributed by atoms with Crippen LogP contribution < -0.4 is 0 Å². The summed E-state index contributed by atoms with van der Waals surface area (Å²) in [5, 5.41) is 8.73. The van der Waals surface area contributed by atoms with Crippen molar-refractivity contribution in [3.05, 3.63) is 73.5 Å². The van der Waals surface area contributed by atoms with Crippen molar-refractivity contribution in [2.45, 2.75) is 0 Å². The third-order valence-corrected chi connectivity index (χ3v) is 3.25. The summed E-state index contributed by atoms with van der Waals surface area (Å²) in [6.45, 7) is 21.9. The number of esters is 3. The third kappa shape index (κ3) is 8.89. The van der Waals surface area contributed by atoms with Gasteiger partial charge in [0.1, 0.15) is 49.2 Å².